The maximum absolute atomic E-state index is 13.1. The number of aryl methyl sites for hydroxylation is 1. The smallest absolute Gasteiger partial charge is 0.256 e. The van der Waals surface area contributed by atoms with Crippen LogP contribution in [-0.2, 0) is 0 Å². The fourth-order valence-electron chi connectivity index (χ4n) is 3.61. The molecule has 1 amide bonds. The van der Waals surface area contributed by atoms with Crippen molar-refractivity contribution in [1.82, 2.24) is 9.38 Å². The maximum Gasteiger partial charge on any atom is 0.256 e. The zero-order chi connectivity index (χ0) is 22.1. The first kappa shape index (κ1) is 19.9. The van der Waals surface area contributed by atoms with Gasteiger partial charge in [-0.15, -0.1) is 11.3 Å². The van der Waals surface area contributed by atoms with Crippen LogP contribution in [0.5, 0.6) is 0 Å². The summed E-state index contributed by atoms with van der Waals surface area (Å²) < 4.78 is 2.05. The first-order chi connectivity index (χ1) is 15.6. The summed E-state index contributed by atoms with van der Waals surface area (Å²) in [5.74, 6) is -0.512. The van der Waals surface area contributed by atoms with Crippen LogP contribution in [0.2, 0.25) is 0 Å². The molecule has 0 aliphatic carbocycles. The average molecular weight is 438 g/mol. The van der Waals surface area contributed by atoms with Crippen molar-refractivity contribution >= 4 is 33.7 Å². The molecule has 0 atom stereocenters. The molecule has 6 heteroatoms. The number of thiazole rings is 1. The SMILES string of the molecule is Cc1csc2nc(-c3cccc(NC(=O)c4ccccc4C(=O)c4ccccc4)c3)cn12. The number of rotatable bonds is 5. The lowest BCUT2D eigenvalue weighted by Crippen LogP contribution is -2.17. The van der Waals surface area contributed by atoms with Crippen molar-refractivity contribution < 1.29 is 9.59 Å². The van der Waals surface area contributed by atoms with E-state index >= 15 is 0 Å². The molecule has 3 aromatic carbocycles. The third-order valence-electron chi connectivity index (χ3n) is 5.26. The number of ketones is 1. The number of imidazole rings is 1. The Hall–Kier alpha value is -4.03. The summed E-state index contributed by atoms with van der Waals surface area (Å²) >= 11 is 1.59. The van der Waals surface area contributed by atoms with Gasteiger partial charge in [0.25, 0.3) is 5.91 Å². The number of hydrogen-bond acceptors (Lipinski definition) is 4. The number of nitrogens with one attached hydrogen (secondary N) is 1. The van der Waals surface area contributed by atoms with Crippen molar-refractivity contribution in [2.24, 2.45) is 0 Å². The number of amides is 1. The number of fused-ring (bicyclic) bond motifs is 1. The quantitative estimate of drug-likeness (QED) is 0.351. The zero-order valence-electron chi connectivity index (χ0n) is 17.3. The molecule has 2 aromatic heterocycles. The van der Waals surface area contributed by atoms with Crippen LogP contribution in [0.25, 0.3) is 16.2 Å². The maximum atomic E-state index is 13.1. The molecule has 0 aliphatic heterocycles. The molecule has 0 saturated heterocycles. The Labute approximate surface area is 189 Å². The van der Waals surface area contributed by atoms with Gasteiger partial charge in [-0.1, -0.05) is 60.7 Å². The van der Waals surface area contributed by atoms with Crippen molar-refractivity contribution in [3.63, 3.8) is 0 Å². The fraction of sp³-hybridized carbons (Fsp3) is 0.0385. The van der Waals surface area contributed by atoms with Gasteiger partial charge in [0.05, 0.1) is 11.3 Å². The zero-order valence-corrected chi connectivity index (χ0v) is 18.1. The van der Waals surface area contributed by atoms with Crippen LogP contribution in [0.15, 0.2) is 90.4 Å². The Morgan fingerprint density at radius 1 is 0.906 bits per heavy atom. The molecule has 5 rings (SSSR count). The van der Waals surface area contributed by atoms with E-state index in [4.69, 9.17) is 0 Å². The van der Waals surface area contributed by atoms with Gasteiger partial charge in [0, 0.05) is 39.6 Å². The van der Waals surface area contributed by atoms with Gasteiger partial charge in [-0.3, -0.25) is 14.0 Å². The van der Waals surface area contributed by atoms with E-state index in [2.05, 4.69) is 20.1 Å². The van der Waals surface area contributed by atoms with Crippen LogP contribution in [0.3, 0.4) is 0 Å². The topological polar surface area (TPSA) is 63.5 Å². The molecule has 156 valence electrons. The third kappa shape index (κ3) is 3.72. The Morgan fingerprint density at radius 3 is 2.44 bits per heavy atom. The average Bonchev–Trinajstić information content (AvgIpc) is 3.41. The molecule has 5 nitrogen and oxygen atoms in total. The van der Waals surface area contributed by atoms with Gasteiger partial charge < -0.3 is 5.32 Å². The first-order valence-corrected chi connectivity index (χ1v) is 11.0. The van der Waals surface area contributed by atoms with Gasteiger partial charge in [-0.25, -0.2) is 4.98 Å². The highest BCUT2D eigenvalue weighted by Crippen LogP contribution is 2.26. The second-order valence-corrected chi connectivity index (χ2v) is 8.27. The second-order valence-electron chi connectivity index (χ2n) is 7.43. The summed E-state index contributed by atoms with van der Waals surface area (Å²) in [5.41, 5.74) is 4.78. The molecule has 32 heavy (non-hydrogen) atoms. The van der Waals surface area contributed by atoms with Gasteiger partial charge >= 0.3 is 0 Å². The highest BCUT2D eigenvalue weighted by atomic mass is 32.1. The summed E-state index contributed by atoms with van der Waals surface area (Å²) in [5, 5.41) is 5.00. The van der Waals surface area contributed by atoms with Crippen molar-refractivity contribution in [2.75, 3.05) is 5.32 Å². The number of carbonyl (C=O) groups excluding carboxylic acids is 2. The minimum Gasteiger partial charge on any atom is -0.322 e. The number of aromatic nitrogens is 2. The number of nitrogens with zero attached hydrogens (tertiary/aromatic N) is 2. The van der Waals surface area contributed by atoms with Crippen LogP contribution < -0.4 is 5.32 Å². The lowest BCUT2D eigenvalue weighted by atomic mass is 9.98. The molecule has 1 N–H and O–H groups in total. The van der Waals surface area contributed by atoms with Gasteiger partial charge in [0.1, 0.15) is 0 Å². The van der Waals surface area contributed by atoms with Crippen molar-refractivity contribution in [1.29, 1.82) is 0 Å². The van der Waals surface area contributed by atoms with Gasteiger partial charge in [0.2, 0.25) is 0 Å². The molecule has 5 aromatic rings. The molecule has 0 bridgehead atoms. The van der Waals surface area contributed by atoms with E-state index in [1.165, 1.54) is 0 Å². The molecule has 2 heterocycles. The molecule has 0 saturated carbocycles. The van der Waals surface area contributed by atoms with Gasteiger partial charge in [-0.05, 0) is 25.1 Å². The highest BCUT2D eigenvalue weighted by molar-refractivity contribution is 7.15. The van der Waals surface area contributed by atoms with E-state index in [0.29, 0.717) is 22.4 Å². The predicted octanol–water partition coefficient (Wildman–Crippen LogP) is 5.85. The van der Waals surface area contributed by atoms with E-state index in [-0.39, 0.29) is 11.7 Å². The lowest BCUT2D eigenvalue weighted by molar-refractivity contribution is 0.0996. The monoisotopic (exact) mass is 437 g/mol. The Bertz CT molecular complexity index is 1450. The summed E-state index contributed by atoms with van der Waals surface area (Å²) in [7, 11) is 0. The van der Waals surface area contributed by atoms with Crippen LogP contribution in [0, 0.1) is 6.92 Å². The highest BCUT2D eigenvalue weighted by Gasteiger charge is 2.18. The van der Waals surface area contributed by atoms with Crippen LogP contribution in [0.1, 0.15) is 32.0 Å². The van der Waals surface area contributed by atoms with E-state index in [0.717, 1.165) is 21.9 Å². The fourth-order valence-corrected chi connectivity index (χ4v) is 4.46. The Kier molecular flexibility index (Phi) is 5.13. The molecule has 0 radical (unpaired) electrons. The van der Waals surface area contributed by atoms with E-state index < -0.39 is 0 Å². The summed E-state index contributed by atoms with van der Waals surface area (Å²) in [6.45, 7) is 2.04. The number of benzene rings is 3. The Balaban J connectivity index is 1.42. The van der Waals surface area contributed by atoms with Crippen LogP contribution in [-0.4, -0.2) is 21.1 Å². The second kappa shape index (κ2) is 8.24. The van der Waals surface area contributed by atoms with E-state index in [1.54, 1.807) is 47.7 Å². The normalized spacial score (nSPS) is 10.9. The molecule has 0 fully saturated rings. The minimum atomic E-state index is -0.330. The van der Waals surface area contributed by atoms with Gasteiger partial charge in [-0.2, -0.15) is 0 Å². The largest absolute Gasteiger partial charge is 0.322 e. The molecular weight excluding hydrogens is 418 g/mol. The van der Waals surface area contributed by atoms with Crippen molar-refractivity contribution in [3.05, 3.63) is 113 Å². The molecule has 0 unspecified atom stereocenters. The van der Waals surface area contributed by atoms with Crippen molar-refractivity contribution in [2.45, 2.75) is 6.92 Å². The summed E-state index contributed by atoms with van der Waals surface area (Å²) in [4.78, 5) is 31.7. The Morgan fingerprint density at radius 2 is 1.66 bits per heavy atom. The number of hydrogen-bond donors (Lipinski definition) is 1. The van der Waals surface area contributed by atoms with Crippen LogP contribution in [0.4, 0.5) is 5.69 Å². The summed E-state index contributed by atoms with van der Waals surface area (Å²) in [6, 6.07) is 23.4. The summed E-state index contributed by atoms with van der Waals surface area (Å²) in [6.07, 6.45) is 2.00. The van der Waals surface area contributed by atoms with Gasteiger partial charge in [0.15, 0.2) is 10.7 Å². The third-order valence-corrected chi connectivity index (χ3v) is 6.21. The molecular formula is C26H19N3O2S. The molecule has 0 spiro atoms. The van der Waals surface area contributed by atoms with E-state index in [9.17, 15) is 9.59 Å². The van der Waals surface area contributed by atoms with Crippen molar-refractivity contribution in [3.8, 4) is 11.3 Å². The number of anilines is 1. The first-order valence-electron chi connectivity index (χ1n) is 10.1. The lowest BCUT2D eigenvalue weighted by Gasteiger charge is -2.10. The van der Waals surface area contributed by atoms with E-state index in [1.807, 2.05) is 55.6 Å². The number of carbonyl (C=O) groups is 2. The predicted molar refractivity (Wildman–Crippen MR) is 128 cm³/mol. The standard InChI is InChI=1S/C26H19N3O2S/c1-17-16-32-26-28-23(15-29(17)26)19-10-7-11-20(14-19)27-25(31)22-13-6-5-12-21(22)24(30)18-8-3-2-4-9-18/h2-16H,1H3,(H,27,31). The molecule has 0 aliphatic rings. The van der Waals surface area contributed by atoms with Crippen LogP contribution >= 0.6 is 11.3 Å². The minimum absolute atomic E-state index is 0.182.